The van der Waals surface area contributed by atoms with Gasteiger partial charge in [-0.3, -0.25) is 19.7 Å². The van der Waals surface area contributed by atoms with Crippen molar-refractivity contribution in [1.82, 2.24) is 0 Å². The van der Waals surface area contributed by atoms with Crippen LogP contribution in [0, 0.1) is 22.0 Å². The van der Waals surface area contributed by atoms with Crippen molar-refractivity contribution in [3.8, 4) is 0 Å². The fourth-order valence-corrected chi connectivity index (χ4v) is 3.05. The lowest BCUT2D eigenvalue weighted by molar-refractivity contribution is -0.384. The standard InChI is InChI=1S/C16H19NO8/c1-16(24-4)12(11(14(18)23-3)15(19)25-16)13(22-2)9-5-7-10(8-6-9)17(20)21/h5-8,11-13H,1-4H3/t11-,12+,13?,16+/m0/s1. The maximum absolute atomic E-state index is 12.2. The summed E-state index contributed by atoms with van der Waals surface area (Å²) in [6.07, 6.45) is -0.790. The minimum Gasteiger partial charge on any atom is -0.468 e. The van der Waals surface area contributed by atoms with Gasteiger partial charge in [0.25, 0.3) is 5.69 Å². The Hall–Kier alpha value is -2.52. The van der Waals surface area contributed by atoms with Crippen LogP contribution < -0.4 is 0 Å². The number of nitro groups is 1. The van der Waals surface area contributed by atoms with Gasteiger partial charge in [0.05, 0.1) is 24.1 Å². The lowest BCUT2D eigenvalue weighted by atomic mass is 9.81. The molecule has 1 saturated heterocycles. The second-order valence-corrected chi connectivity index (χ2v) is 5.67. The topological polar surface area (TPSA) is 114 Å². The number of nitro benzene ring substituents is 1. The number of ether oxygens (including phenoxy) is 4. The van der Waals surface area contributed by atoms with E-state index < -0.39 is 40.6 Å². The molecule has 4 atom stereocenters. The number of non-ortho nitro benzene ring substituents is 1. The molecule has 1 aromatic rings. The number of carbonyl (C=O) groups excluding carboxylic acids is 2. The summed E-state index contributed by atoms with van der Waals surface area (Å²) in [5.74, 6) is -5.04. The van der Waals surface area contributed by atoms with Crippen LogP contribution in [0.5, 0.6) is 0 Å². The number of hydrogen-bond acceptors (Lipinski definition) is 8. The molecule has 0 spiro atoms. The van der Waals surface area contributed by atoms with Crippen LogP contribution in [-0.4, -0.2) is 44.0 Å². The van der Waals surface area contributed by atoms with Gasteiger partial charge in [-0.2, -0.15) is 0 Å². The van der Waals surface area contributed by atoms with Crippen LogP contribution in [0.4, 0.5) is 5.69 Å². The van der Waals surface area contributed by atoms with E-state index in [4.69, 9.17) is 18.9 Å². The van der Waals surface area contributed by atoms with Crippen molar-refractivity contribution in [2.24, 2.45) is 11.8 Å². The third-order valence-corrected chi connectivity index (χ3v) is 4.39. The highest BCUT2D eigenvalue weighted by Gasteiger charge is 2.60. The maximum Gasteiger partial charge on any atom is 0.323 e. The number of carbonyl (C=O) groups is 2. The average molecular weight is 353 g/mol. The SMILES string of the molecule is COC(=O)[C@H]1C(=O)O[C@@](C)(OC)[C@H]1C(OC)c1ccc([N+](=O)[O-])cc1. The summed E-state index contributed by atoms with van der Waals surface area (Å²) in [5, 5.41) is 10.8. The third-order valence-electron chi connectivity index (χ3n) is 4.39. The fraction of sp³-hybridized carbons (Fsp3) is 0.500. The largest absolute Gasteiger partial charge is 0.468 e. The summed E-state index contributed by atoms with van der Waals surface area (Å²) in [6, 6.07) is 5.63. The second kappa shape index (κ2) is 7.16. The van der Waals surface area contributed by atoms with Crippen molar-refractivity contribution >= 4 is 17.6 Å². The summed E-state index contributed by atoms with van der Waals surface area (Å²) >= 11 is 0. The number of esters is 2. The van der Waals surface area contributed by atoms with E-state index in [-0.39, 0.29) is 5.69 Å². The van der Waals surface area contributed by atoms with E-state index in [1.165, 1.54) is 52.5 Å². The molecule has 1 aromatic carbocycles. The summed E-state index contributed by atoms with van der Waals surface area (Å²) in [6.45, 7) is 1.52. The van der Waals surface area contributed by atoms with Crippen LogP contribution in [-0.2, 0) is 28.5 Å². The Labute approximate surface area is 144 Å². The van der Waals surface area contributed by atoms with Crippen molar-refractivity contribution in [2.75, 3.05) is 21.3 Å². The van der Waals surface area contributed by atoms with Crippen LogP contribution in [0.1, 0.15) is 18.6 Å². The Bertz CT molecular complexity index is 673. The molecule has 9 heteroatoms. The molecule has 1 fully saturated rings. The molecule has 1 aliphatic rings. The Morgan fingerprint density at radius 1 is 1.28 bits per heavy atom. The molecule has 25 heavy (non-hydrogen) atoms. The van der Waals surface area contributed by atoms with E-state index >= 15 is 0 Å². The van der Waals surface area contributed by atoms with E-state index in [0.29, 0.717) is 5.56 Å². The first kappa shape index (κ1) is 18.8. The Balaban J connectivity index is 2.48. The van der Waals surface area contributed by atoms with Crippen molar-refractivity contribution in [1.29, 1.82) is 0 Å². The molecular weight excluding hydrogens is 334 g/mol. The Morgan fingerprint density at radius 2 is 1.88 bits per heavy atom. The van der Waals surface area contributed by atoms with Crippen LogP contribution in [0.15, 0.2) is 24.3 Å². The van der Waals surface area contributed by atoms with E-state index in [1.54, 1.807) is 0 Å². The zero-order valence-electron chi connectivity index (χ0n) is 14.3. The lowest BCUT2D eigenvalue weighted by Crippen LogP contribution is -2.42. The summed E-state index contributed by atoms with van der Waals surface area (Å²) < 4.78 is 20.8. The smallest absolute Gasteiger partial charge is 0.323 e. The van der Waals surface area contributed by atoms with E-state index in [2.05, 4.69) is 0 Å². The Morgan fingerprint density at radius 3 is 2.32 bits per heavy atom. The molecule has 0 saturated carbocycles. The van der Waals surface area contributed by atoms with Crippen LogP contribution >= 0.6 is 0 Å². The molecule has 1 unspecified atom stereocenters. The summed E-state index contributed by atoms with van der Waals surface area (Å²) in [7, 11) is 3.92. The summed E-state index contributed by atoms with van der Waals surface area (Å²) in [5.41, 5.74) is 0.449. The molecular formula is C16H19NO8. The van der Waals surface area contributed by atoms with Gasteiger partial charge < -0.3 is 18.9 Å². The molecule has 0 radical (unpaired) electrons. The molecule has 0 aromatic heterocycles. The number of benzene rings is 1. The van der Waals surface area contributed by atoms with E-state index in [1.807, 2.05) is 0 Å². The number of nitrogens with zero attached hydrogens (tertiary/aromatic N) is 1. The van der Waals surface area contributed by atoms with Crippen LogP contribution in [0.25, 0.3) is 0 Å². The van der Waals surface area contributed by atoms with Gasteiger partial charge in [-0.05, 0) is 17.7 Å². The first-order chi connectivity index (χ1) is 11.8. The van der Waals surface area contributed by atoms with Crippen LogP contribution in [0.3, 0.4) is 0 Å². The first-order valence-electron chi connectivity index (χ1n) is 7.42. The molecule has 2 rings (SSSR count). The second-order valence-electron chi connectivity index (χ2n) is 5.67. The fourth-order valence-electron chi connectivity index (χ4n) is 3.05. The molecule has 0 aliphatic carbocycles. The van der Waals surface area contributed by atoms with Crippen LogP contribution in [0.2, 0.25) is 0 Å². The highest BCUT2D eigenvalue weighted by atomic mass is 16.7. The maximum atomic E-state index is 12.2. The Kier molecular flexibility index (Phi) is 5.39. The van der Waals surface area contributed by atoms with E-state index in [9.17, 15) is 19.7 Å². The molecule has 0 amide bonds. The summed E-state index contributed by atoms with van der Waals surface area (Å²) in [4.78, 5) is 34.6. The zero-order chi connectivity index (χ0) is 18.8. The van der Waals surface area contributed by atoms with E-state index in [0.717, 1.165) is 0 Å². The molecule has 9 nitrogen and oxygen atoms in total. The minimum atomic E-state index is -1.42. The monoisotopic (exact) mass is 353 g/mol. The predicted molar refractivity (Wildman–Crippen MR) is 83.3 cm³/mol. The zero-order valence-corrected chi connectivity index (χ0v) is 14.3. The normalized spacial score (nSPS) is 26.8. The predicted octanol–water partition coefficient (Wildman–Crippen LogP) is 1.61. The van der Waals surface area contributed by atoms with Crippen molar-refractivity contribution in [2.45, 2.75) is 18.8 Å². The molecule has 0 bridgehead atoms. The van der Waals surface area contributed by atoms with Crippen molar-refractivity contribution in [3.05, 3.63) is 39.9 Å². The van der Waals surface area contributed by atoms with Gasteiger partial charge in [0.1, 0.15) is 0 Å². The van der Waals surface area contributed by atoms with Gasteiger partial charge in [-0.1, -0.05) is 0 Å². The number of rotatable bonds is 6. The lowest BCUT2D eigenvalue weighted by Gasteiger charge is -2.34. The van der Waals surface area contributed by atoms with Gasteiger partial charge in [0.15, 0.2) is 5.92 Å². The highest BCUT2D eigenvalue weighted by Crippen LogP contribution is 2.47. The van der Waals surface area contributed by atoms with Gasteiger partial charge in [0, 0.05) is 33.3 Å². The van der Waals surface area contributed by atoms with Gasteiger partial charge in [-0.25, -0.2) is 0 Å². The van der Waals surface area contributed by atoms with Crippen molar-refractivity contribution in [3.63, 3.8) is 0 Å². The van der Waals surface area contributed by atoms with Gasteiger partial charge >= 0.3 is 11.9 Å². The molecule has 1 heterocycles. The average Bonchev–Trinajstić information content (AvgIpc) is 2.87. The van der Waals surface area contributed by atoms with Crippen molar-refractivity contribution < 1.29 is 33.5 Å². The minimum absolute atomic E-state index is 0.0867. The molecule has 1 aliphatic heterocycles. The number of cyclic esters (lactones) is 1. The molecule has 0 N–H and O–H groups in total. The molecule has 136 valence electrons. The number of hydrogen-bond donors (Lipinski definition) is 0. The quantitative estimate of drug-likeness (QED) is 0.328. The number of methoxy groups -OCH3 is 3. The van der Waals surface area contributed by atoms with Gasteiger partial charge in [0.2, 0.25) is 5.79 Å². The third kappa shape index (κ3) is 3.33. The van der Waals surface area contributed by atoms with Gasteiger partial charge in [-0.15, -0.1) is 0 Å². The first-order valence-corrected chi connectivity index (χ1v) is 7.42. The highest BCUT2D eigenvalue weighted by molar-refractivity contribution is 5.97.